The van der Waals surface area contributed by atoms with Crippen molar-refractivity contribution in [3.63, 3.8) is 0 Å². The molecule has 0 saturated heterocycles. The molecule has 2 unspecified atom stereocenters. The molecule has 6 heteroatoms. The van der Waals surface area contributed by atoms with Crippen LogP contribution in [0.15, 0.2) is 48.6 Å². The predicted octanol–water partition coefficient (Wildman–Crippen LogP) is 21.7. The number of unbranched alkanes of at least 4 members (excludes halogenated alkanes) is 44. The smallest absolute Gasteiger partial charge is 0.305 e. The molecule has 0 spiro atoms. The number of nitrogens with one attached hydrogen (secondary N) is 1. The van der Waals surface area contributed by atoms with E-state index in [1.54, 1.807) is 0 Å². The van der Waals surface area contributed by atoms with E-state index in [9.17, 15) is 19.8 Å². The average molecular weight is 1070 g/mol. The van der Waals surface area contributed by atoms with Gasteiger partial charge in [0.05, 0.1) is 25.4 Å². The number of esters is 1. The van der Waals surface area contributed by atoms with Crippen LogP contribution in [0.5, 0.6) is 0 Å². The molecule has 1 amide bonds. The quantitative estimate of drug-likeness (QED) is 0.0320. The molecule has 0 bridgehead atoms. The number of hydrogen-bond donors (Lipinski definition) is 3. The fraction of sp³-hybridized carbons (Fsp3) is 0.857. The van der Waals surface area contributed by atoms with Crippen molar-refractivity contribution in [3.8, 4) is 0 Å². The SMILES string of the molecule is CCCCC/C=C\C/C=C\CCCCCCCC(=O)OCCCCCCCCCCC/C=C\C/C=C\CCCCCCCCCCCCCCCCCC(=O)NC(CO)C(O)CCCCCCCCCCCCCCC. The lowest BCUT2D eigenvalue weighted by Gasteiger charge is -2.22. The normalized spacial score (nSPS) is 12.8. The number of carbonyl (C=O) groups excluding carboxylic acids is 2. The van der Waals surface area contributed by atoms with E-state index < -0.39 is 12.1 Å². The first kappa shape index (κ1) is 73.8. The van der Waals surface area contributed by atoms with E-state index >= 15 is 0 Å². The molecule has 2 atom stereocenters. The zero-order chi connectivity index (χ0) is 55.0. The Morgan fingerprint density at radius 2 is 0.658 bits per heavy atom. The van der Waals surface area contributed by atoms with Gasteiger partial charge in [0.2, 0.25) is 5.91 Å². The van der Waals surface area contributed by atoms with E-state index in [2.05, 4.69) is 67.8 Å². The lowest BCUT2D eigenvalue weighted by molar-refractivity contribution is -0.143. The van der Waals surface area contributed by atoms with Gasteiger partial charge in [-0.2, -0.15) is 0 Å². The van der Waals surface area contributed by atoms with E-state index in [1.165, 1.54) is 270 Å². The number of ether oxygens (including phenoxy) is 1. The molecule has 446 valence electrons. The van der Waals surface area contributed by atoms with Gasteiger partial charge in [0.25, 0.3) is 0 Å². The number of aliphatic hydroxyl groups is 2. The van der Waals surface area contributed by atoms with Crippen molar-refractivity contribution in [2.45, 2.75) is 373 Å². The highest BCUT2D eigenvalue weighted by Gasteiger charge is 2.20. The average Bonchev–Trinajstić information content (AvgIpc) is 3.42. The van der Waals surface area contributed by atoms with Crippen LogP contribution in [0.2, 0.25) is 0 Å². The summed E-state index contributed by atoms with van der Waals surface area (Å²) in [6.07, 6.45) is 84.4. The van der Waals surface area contributed by atoms with Gasteiger partial charge in [0, 0.05) is 12.8 Å². The Hall–Kier alpha value is -2.18. The summed E-state index contributed by atoms with van der Waals surface area (Å²) in [4.78, 5) is 24.5. The molecule has 0 aliphatic rings. The van der Waals surface area contributed by atoms with Crippen molar-refractivity contribution < 1.29 is 24.5 Å². The topological polar surface area (TPSA) is 95.9 Å². The molecule has 3 N–H and O–H groups in total. The first-order chi connectivity index (χ1) is 37.5. The van der Waals surface area contributed by atoms with Crippen LogP contribution in [0.3, 0.4) is 0 Å². The van der Waals surface area contributed by atoms with E-state index in [0.29, 0.717) is 25.9 Å². The fourth-order valence-corrected chi connectivity index (χ4v) is 10.4. The number of carbonyl (C=O) groups is 2. The van der Waals surface area contributed by atoms with Gasteiger partial charge in [-0.15, -0.1) is 0 Å². The highest BCUT2D eigenvalue weighted by Crippen LogP contribution is 2.18. The third kappa shape index (κ3) is 61.0. The maximum absolute atomic E-state index is 12.5. The Bertz CT molecular complexity index is 1270. The molecular weight excluding hydrogens is 935 g/mol. The van der Waals surface area contributed by atoms with E-state index in [-0.39, 0.29) is 18.5 Å². The molecule has 0 aliphatic heterocycles. The number of allylic oxidation sites excluding steroid dienone is 8. The van der Waals surface area contributed by atoms with Crippen LogP contribution in [0.4, 0.5) is 0 Å². The van der Waals surface area contributed by atoms with Crippen LogP contribution in [0.1, 0.15) is 361 Å². The Morgan fingerprint density at radius 3 is 1.03 bits per heavy atom. The summed E-state index contributed by atoms with van der Waals surface area (Å²) in [6.45, 7) is 4.93. The van der Waals surface area contributed by atoms with E-state index in [4.69, 9.17) is 4.74 Å². The fourth-order valence-electron chi connectivity index (χ4n) is 10.4. The number of rotatable bonds is 63. The number of amides is 1. The minimum atomic E-state index is -0.663. The summed E-state index contributed by atoms with van der Waals surface area (Å²) in [6, 6.07) is -0.541. The van der Waals surface area contributed by atoms with Crippen molar-refractivity contribution in [2.24, 2.45) is 0 Å². The Labute approximate surface area is 474 Å². The second-order valence-corrected chi connectivity index (χ2v) is 23.1. The summed E-state index contributed by atoms with van der Waals surface area (Å²) in [5.41, 5.74) is 0. The van der Waals surface area contributed by atoms with E-state index in [0.717, 1.165) is 57.8 Å². The summed E-state index contributed by atoms with van der Waals surface area (Å²) in [5.74, 6) is -0.0344. The van der Waals surface area contributed by atoms with Gasteiger partial charge < -0.3 is 20.3 Å². The van der Waals surface area contributed by atoms with Crippen LogP contribution in [-0.2, 0) is 14.3 Å². The third-order valence-electron chi connectivity index (χ3n) is 15.6. The van der Waals surface area contributed by atoms with Crippen molar-refractivity contribution in [1.82, 2.24) is 5.32 Å². The maximum atomic E-state index is 12.5. The molecule has 6 nitrogen and oxygen atoms in total. The summed E-state index contributed by atoms with van der Waals surface area (Å²) in [5, 5.41) is 23.3. The van der Waals surface area contributed by atoms with Crippen molar-refractivity contribution >= 4 is 11.9 Å². The highest BCUT2D eigenvalue weighted by atomic mass is 16.5. The van der Waals surface area contributed by atoms with Gasteiger partial charge >= 0.3 is 5.97 Å². The molecule has 76 heavy (non-hydrogen) atoms. The molecule has 0 aromatic rings. The number of hydrogen-bond acceptors (Lipinski definition) is 5. The zero-order valence-electron chi connectivity index (χ0n) is 51.0. The molecule has 0 rings (SSSR count). The summed E-state index contributed by atoms with van der Waals surface area (Å²) >= 11 is 0. The standard InChI is InChI=1S/C70H131NO5/c1-3-5-7-9-11-13-15-17-35-40-44-48-52-56-60-64-70(75)76-65-61-57-53-49-45-41-37-34-32-30-28-26-24-22-20-18-19-21-23-25-27-29-31-33-36-39-43-47-51-55-59-63-69(74)71-67(66-72)68(73)62-58-54-50-46-42-38-16-14-12-10-8-6-4-2/h11,13,17,20,22,26,28,35,67-68,72-73H,3-10,12,14-16,18-19,21,23-25,27,29-34,36-66H2,1-2H3,(H,71,74)/b13-11-,22-20-,28-26-,35-17-. The third-order valence-corrected chi connectivity index (χ3v) is 15.6. The number of aliphatic hydroxyl groups excluding tert-OH is 2. The highest BCUT2D eigenvalue weighted by molar-refractivity contribution is 5.76. The van der Waals surface area contributed by atoms with Gasteiger partial charge in [-0.3, -0.25) is 9.59 Å². The molecule has 0 fully saturated rings. The van der Waals surface area contributed by atoms with Crippen molar-refractivity contribution in [1.29, 1.82) is 0 Å². The largest absolute Gasteiger partial charge is 0.466 e. The zero-order valence-corrected chi connectivity index (χ0v) is 51.0. The lowest BCUT2D eigenvalue weighted by Crippen LogP contribution is -2.45. The lowest BCUT2D eigenvalue weighted by atomic mass is 10.0. The molecule has 0 aliphatic carbocycles. The summed E-state index contributed by atoms with van der Waals surface area (Å²) < 4.78 is 5.48. The Morgan fingerprint density at radius 1 is 0.368 bits per heavy atom. The van der Waals surface area contributed by atoms with Gasteiger partial charge in [-0.25, -0.2) is 0 Å². The second kappa shape index (κ2) is 65.3. The minimum Gasteiger partial charge on any atom is -0.466 e. The Balaban J connectivity index is 3.39. The first-order valence-corrected chi connectivity index (χ1v) is 33.9. The van der Waals surface area contributed by atoms with E-state index in [1.807, 2.05) is 0 Å². The van der Waals surface area contributed by atoms with Gasteiger partial charge in [0.1, 0.15) is 0 Å². The molecule has 0 heterocycles. The van der Waals surface area contributed by atoms with Crippen LogP contribution in [0, 0.1) is 0 Å². The van der Waals surface area contributed by atoms with Crippen molar-refractivity contribution in [2.75, 3.05) is 13.2 Å². The molecule has 0 aromatic carbocycles. The van der Waals surface area contributed by atoms with Gasteiger partial charge in [-0.1, -0.05) is 306 Å². The van der Waals surface area contributed by atoms with Crippen LogP contribution < -0.4 is 5.32 Å². The van der Waals surface area contributed by atoms with Crippen LogP contribution >= 0.6 is 0 Å². The molecule has 0 radical (unpaired) electrons. The first-order valence-electron chi connectivity index (χ1n) is 33.9. The summed E-state index contributed by atoms with van der Waals surface area (Å²) in [7, 11) is 0. The second-order valence-electron chi connectivity index (χ2n) is 23.1. The Kier molecular flexibility index (Phi) is 63.5. The predicted molar refractivity (Wildman–Crippen MR) is 333 cm³/mol. The monoisotopic (exact) mass is 1070 g/mol. The maximum Gasteiger partial charge on any atom is 0.305 e. The van der Waals surface area contributed by atoms with Crippen LogP contribution in [-0.4, -0.2) is 47.4 Å². The van der Waals surface area contributed by atoms with Crippen LogP contribution in [0.25, 0.3) is 0 Å². The minimum absolute atomic E-state index is 0.000955. The molecular formula is C70H131NO5. The molecule has 0 aromatic heterocycles. The molecule has 0 saturated carbocycles. The van der Waals surface area contributed by atoms with Gasteiger partial charge in [0.15, 0.2) is 0 Å². The van der Waals surface area contributed by atoms with Crippen molar-refractivity contribution in [3.05, 3.63) is 48.6 Å². The van der Waals surface area contributed by atoms with Gasteiger partial charge in [-0.05, 0) is 89.9 Å².